The minimum absolute atomic E-state index is 0.0387. The molecule has 2 rings (SSSR count). The van der Waals surface area contributed by atoms with Crippen LogP contribution in [-0.2, 0) is 4.79 Å². The maximum atomic E-state index is 12.3. The van der Waals surface area contributed by atoms with Gasteiger partial charge in [0.1, 0.15) is 5.75 Å². The molecule has 1 amide bonds. The first-order valence-electron chi connectivity index (χ1n) is 6.92. The Kier molecular flexibility index (Phi) is 4.89. The lowest BCUT2D eigenvalue weighted by molar-refractivity contribution is -0.138. The van der Waals surface area contributed by atoms with E-state index in [1.807, 2.05) is 30.9 Å². The van der Waals surface area contributed by atoms with Crippen molar-refractivity contribution in [1.82, 2.24) is 10.2 Å². The summed E-state index contributed by atoms with van der Waals surface area (Å²) in [5.41, 5.74) is 1.92. The van der Waals surface area contributed by atoms with Gasteiger partial charge in [-0.2, -0.15) is 0 Å². The molecule has 1 aromatic rings. The third-order valence-electron chi connectivity index (χ3n) is 3.50. The number of aryl methyl sites for hydroxylation is 2. The van der Waals surface area contributed by atoms with Gasteiger partial charge in [0.15, 0.2) is 6.10 Å². The molecular formula is C15H21ClN2O2. The van der Waals surface area contributed by atoms with E-state index in [2.05, 4.69) is 5.32 Å². The minimum Gasteiger partial charge on any atom is -0.481 e. The van der Waals surface area contributed by atoms with Gasteiger partial charge in [0.25, 0.3) is 5.91 Å². The molecule has 1 heterocycles. The Morgan fingerprint density at radius 1 is 1.30 bits per heavy atom. The van der Waals surface area contributed by atoms with Gasteiger partial charge in [-0.15, -0.1) is 0 Å². The third-order valence-corrected chi connectivity index (χ3v) is 4.10. The van der Waals surface area contributed by atoms with Crippen LogP contribution in [0.2, 0.25) is 5.02 Å². The van der Waals surface area contributed by atoms with Crippen LogP contribution in [0.3, 0.4) is 0 Å². The molecule has 20 heavy (non-hydrogen) atoms. The predicted molar refractivity (Wildman–Crippen MR) is 80.5 cm³/mol. The molecule has 1 N–H and O–H groups in total. The van der Waals surface area contributed by atoms with Crippen molar-refractivity contribution in [3.05, 3.63) is 28.3 Å². The molecule has 1 aliphatic heterocycles. The van der Waals surface area contributed by atoms with Crippen LogP contribution in [-0.4, -0.2) is 43.1 Å². The molecule has 0 saturated carbocycles. The van der Waals surface area contributed by atoms with Gasteiger partial charge in [0, 0.05) is 31.2 Å². The summed E-state index contributed by atoms with van der Waals surface area (Å²) in [5, 5.41) is 3.98. The van der Waals surface area contributed by atoms with Gasteiger partial charge in [0.05, 0.1) is 0 Å². The van der Waals surface area contributed by atoms with Crippen LogP contribution in [0.25, 0.3) is 0 Å². The Morgan fingerprint density at radius 2 is 1.85 bits per heavy atom. The highest BCUT2D eigenvalue weighted by Gasteiger charge is 2.23. The van der Waals surface area contributed by atoms with Crippen molar-refractivity contribution in [2.45, 2.75) is 26.9 Å². The van der Waals surface area contributed by atoms with Crippen LogP contribution >= 0.6 is 11.6 Å². The Labute approximate surface area is 125 Å². The zero-order chi connectivity index (χ0) is 14.7. The Balaban J connectivity index is 2.03. The molecule has 110 valence electrons. The lowest BCUT2D eigenvalue weighted by Crippen LogP contribution is -2.50. The molecule has 1 atom stereocenters. The van der Waals surface area contributed by atoms with Crippen molar-refractivity contribution in [3.63, 3.8) is 0 Å². The van der Waals surface area contributed by atoms with Crippen LogP contribution in [0.4, 0.5) is 0 Å². The summed E-state index contributed by atoms with van der Waals surface area (Å²) in [6.07, 6.45) is -0.479. The van der Waals surface area contributed by atoms with Crippen molar-refractivity contribution in [3.8, 4) is 5.75 Å². The molecule has 4 nitrogen and oxygen atoms in total. The molecule has 1 aromatic carbocycles. The summed E-state index contributed by atoms with van der Waals surface area (Å²) < 4.78 is 5.78. The smallest absolute Gasteiger partial charge is 0.263 e. The Bertz CT molecular complexity index is 476. The van der Waals surface area contributed by atoms with Gasteiger partial charge < -0.3 is 15.0 Å². The molecular weight excluding hydrogens is 276 g/mol. The second kappa shape index (κ2) is 6.46. The van der Waals surface area contributed by atoms with Crippen LogP contribution in [0.1, 0.15) is 18.1 Å². The molecule has 1 fully saturated rings. The van der Waals surface area contributed by atoms with E-state index in [4.69, 9.17) is 16.3 Å². The standard InChI is InChI=1S/C15H21ClN2O2/c1-10-8-13(9-11(2)14(10)16)20-12(3)15(19)18-6-4-17-5-7-18/h8-9,12,17H,4-7H2,1-3H3. The van der Waals surface area contributed by atoms with E-state index < -0.39 is 6.10 Å². The van der Waals surface area contributed by atoms with Gasteiger partial charge >= 0.3 is 0 Å². The number of carbonyl (C=O) groups excluding carboxylic acids is 1. The van der Waals surface area contributed by atoms with Crippen LogP contribution in [0, 0.1) is 13.8 Å². The fraction of sp³-hybridized carbons (Fsp3) is 0.533. The number of nitrogens with one attached hydrogen (secondary N) is 1. The van der Waals surface area contributed by atoms with E-state index in [0.717, 1.165) is 42.3 Å². The van der Waals surface area contributed by atoms with Crippen LogP contribution in [0.15, 0.2) is 12.1 Å². The highest BCUT2D eigenvalue weighted by molar-refractivity contribution is 6.32. The average molecular weight is 297 g/mol. The summed E-state index contributed by atoms with van der Waals surface area (Å²) in [6, 6.07) is 3.74. The van der Waals surface area contributed by atoms with E-state index in [1.165, 1.54) is 0 Å². The number of halogens is 1. The number of ether oxygens (including phenoxy) is 1. The number of piperazine rings is 1. The lowest BCUT2D eigenvalue weighted by atomic mass is 10.1. The van der Waals surface area contributed by atoms with E-state index in [0.29, 0.717) is 5.75 Å². The minimum atomic E-state index is -0.479. The second-order valence-electron chi connectivity index (χ2n) is 5.21. The zero-order valence-corrected chi connectivity index (χ0v) is 13.0. The fourth-order valence-corrected chi connectivity index (χ4v) is 2.48. The first-order valence-corrected chi connectivity index (χ1v) is 7.29. The van der Waals surface area contributed by atoms with Crippen molar-refractivity contribution < 1.29 is 9.53 Å². The molecule has 0 spiro atoms. The van der Waals surface area contributed by atoms with Crippen molar-refractivity contribution >= 4 is 17.5 Å². The van der Waals surface area contributed by atoms with Crippen molar-refractivity contribution in [1.29, 1.82) is 0 Å². The summed E-state index contributed by atoms with van der Waals surface area (Å²) >= 11 is 6.13. The largest absolute Gasteiger partial charge is 0.481 e. The van der Waals surface area contributed by atoms with Gasteiger partial charge in [-0.25, -0.2) is 0 Å². The van der Waals surface area contributed by atoms with Crippen molar-refractivity contribution in [2.75, 3.05) is 26.2 Å². The number of nitrogens with zero attached hydrogens (tertiary/aromatic N) is 1. The summed E-state index contributed by atoms with van der Waals surface area (Å²) in [6.45, 7) is 8.84. The number of hydrogen-bond donors (Lipinski definition) is 1. The zero-order valence-electron chi connectivity index (χ0n) is 12.2. The second-order valence-corrected chi connectivity index (χ2v) is 5.58. The Hall–Kier alpha value is -1.26. The van der Waals surface area contributed by atoms with Crippen LogP contribution < -0.4 is 10.1 Å². The molecule has 0 radical (unpaired) electrons. The predicted octanol–water partition coefficient (Wildman–Crippen LogP) is 2.16. The fourth-order valence-electron chi connectivity index (χ4n) is 2.37. The molecule has 0 bridgehead atoms. The number of carbonyl (C=O) groups is 1. The molecule has 1 unspecified atom stereocenters. The first-order chi connectivity index (χ1) is 9.49. The average Bonchev–Trinajstić information content (AvgIpc) is 2.44. The number of hydrogen-bond acceptors (Lipinski definition) is 3. The molecule has 0 aliphatic carbocycles. The van der Waals surface area contributed by atoms with Crippen LogP contribution in [0.5, 0.6) is 5.75 Å². The lowest BCUT2D eigenvalue weighted by Gasteiger charge is -2.29. The van der Waals surface area contributed by atoms with E-state index in [9.17, 15) is 4.79 Å². The summed E-state index contributed by atoms with van der Waals surface area (Å²) in [5.74, 6) is 0.733. The number of rotatable bonds is 3. The molecule has 0 aromatic heterocycles. The summed E-state index contributed by atoms with van der Waals surface area (Å²) in [4.78, 5) is 14.1. The highest BCUT2D eigenvalue weighted by Crippen LogP contribution is 2.26. The SMILES string of the molecule is Cc1cc(OC(C)C(=O)N2CCNCC2)cc(C)c1Cl. The third kappa shape index (κ3) is 3.44. The number of benzene rings is 1. The highest BCUT2D eigenvalue weighted by atomic mass is 35.5. The topological polar surface area (TPSA) is 41.6 Å². The molecule has 5 heteroatoms. The van der Waals surface area contributed by atoms with Gasteiger partial charge in [-0.05, 0) is 44.0 Å². The maximum absolute atomic E-state index is 12.3. The van der Waals surface area contributed by atoms with Gasteiger partial charge in [0.2, 0.25) is 0 Å². The molecule has 1 saturated heterocycles. The monoisotopic (exact) mass is 296 g/mol. The van der Waals surface area contributed by atoms with E-state index in [-0.39, 0.29) is 5.91 Å². The van der Waals surface area contributed by atoms with Gasteiger partial charge in [-0.1, -0.05) is 11.6 Å². The van der Waals surface area contributed by atoms with E-state index >= 15 is 0 Å². The molecule has 1 aliphatic rings. The van der Waals surface area contributed by atoms with Crippen molar-refractivity contribution in [2.24, 2.45) is 0 Å². The summed E-state index contributed by atoms with van der Waals surface area (Å²) in [7, 11) is 0. The van der Waals surface area contributed by atoms with Gasteiger partial charge in [-0.3, -0.25) is 4.79 Å². The van der Waals surface area contributed by atoms with E-state index in [1.54, 1.807) is 6.92 Å². The normalized spacial score (nSPS) is 16.9. The first kappa shape index (κ1) is 15.1. The number of amides is 1. The Morgan fingerprint density at radius 3 is 2.40 bits per heavy atom. The maximum Gasteiger partial charge on any atom is 0.263 e. The quantitative estimate of drug-likeness (QED) is 0.929.